The van der Waals surface area contributed by atoms with E-state index in [2.05, 4.69) is 14.5 Å². The first-order valence-corrected chi connectivity index (χ1v) is 8.40. The van der Waals surface area contributed by atoms with E-state index in [0.29, 0.717) is 0 Å². The highest BCUT2D eigenvalue weighted by atomic mass is 31.2. The van der Waals surface area contributed by atoms with Crippen LogP contribution in [-0.4, -0.2) is 52.8 Å². The maximum absolute atomic E-state index is 11.8. The Morgan fingerprint density at radius 3 is 2.83 bits per heavy atom. The molecule has 1 fully saturated rings. The molecule has 0 radical (unpaired) electrons. The number of hydrogen-bond acceptors (Lipinski definition) is 7. The van der Waals surface area contributed by atoms with E-state index in [0.717, 1.165) is 4.57 Å². The maximum Gasteiger partial charge on any atom is 0.469 e. The molecule has 3 rings (SSSR count). The summed E-state index contributed by atoms with van der Waals surface area (Å²) in [7, 11) is -3.34. The molecule has 13 heteroatoms. The van der Waals surface area contributed by atoms with Crippen LogP contribution in [0, 0.1) is 0 Å². The summed E-state index contributed by atoms with van der Waals surface area (Å²) in [6, 6.07) is 0. The van der Waals surface area contributed by atoms with Gasteiger partial charge in [0.25, 0.3) is 5.56 Å². The first kappa shape index (κ1) is 17.0. The van der Waals surface area contributed by atoms with Gasteiger partial charge in [0.1, 0.15) is 18.4 Å². The van der Waals surface area contributed by atoms with Gasteiger partial charge in [-0.2, -0.15) is 0 Å². The van der Waals surface area contributed by atoms with Crippen molar-refractivity contribution in [1.82, 2.24) is 19.1 Å². The molecule has 1 aliphatic heterocycles. The molecule has 1 saturated heterocycles. The molecule has 24 heavy (non-hydrogen) atoms. The van der Waals surface area contributed by atoms with Crippen LogP contribution in [0.4, 0.5) is 0 Å². The molecule has 4 N–H and O–H groups in total. The van der Waals surface area contributed by atoms with Gasteiger partial charge in [-0.3, -0.25) is 23.4 Å². The Morgan fingerprint density at radius 2 is 2.21 bits per heavy atom. The molecule has 1 aliphatic rings. The number of aromatic amines is 1. The van der Waals surface area contributed by atoms with E-state index in [1.54, 1.807) is 0 Å². The summed E-state index contributed by atoms with van der Waals surface area (Å²) in [5.74, 6) is 0. The van der Waals surface area contributed by atoms with E-state index >= 15 is 0 Å². The average molecular weight is 362 g/mol. The summed E-state index contributed by atoms with van der Waals surface area (Å²) < 4.78 is 23.7. The van der Waals surface area contributed by atoms with Crippen molar-refractivity contribution in [2.75, 3.05) is 6.61 Å². The van der Waals surface area contributed by atoms with Gasteiger partial charge in [-0.05, 0) is 0 Å². The molecule has 3 atom stereocenters. The summed E-state index contributed by atoms with van der Waals surface area (Å²) in [6.45, 7) is -0.521. The molecule has 0 saturated carbocycles. The number of nitrogens with zero attached hydrogens (tertiary/aromatic N) is 3. The lowest BCUT2D eigenvalue weighted by atomic mass is 10.2. The van der Waals surface area contributed by atoms with Gasteiger partial charge in [0, 0.05) is 13.5 Å². The number of aromatic nitrogens is 4. The lowest BCUT2D eigenvalue weighted by Gasteiger charge is -2.16. The molecule has 0 bridgehead atoms. The fourth-order valence-corrected chi connectivity index (χ4v) is 3.29. The van der Waals surface area contributed by atoms with Gasteiger partial charge in [-0.25, -0.2) is 14.3 Å². The molecule has 0 spiro atoms. The molecule has 0 aliphatic carbocycles. The van der Waals surface area contributed by atoms with Crippen molar-refractivity contribution in [3.8, 4) is 0 Å². The van der Waals surface area contributed by atoms with Crippen molar-refractivity contribution < 1.29 is 28.7 Å². The molecule has 2 aromatic heterocycles. The second-order valence-corrected chi connectivity index (χ2v) is 6.52. The smallest absolute Gasteiger partial charge is 0.394 e. The van der Waals surface area contributed by atoms with Crippen LogP contribution in [0.25, 0.3) is 11.2 Å². The molecule has 3 heterocycles. The summed E-state index contributed by atoms with van der Waals surface area (Å²) in [5.41, 5.74) is -1.11. The predicted molar refractivity (Wildman–Crippen MR) is 78.1 cm³/mol. The number of aryl methyl sites for hydroxylation is 1. The minimum absolute atomic E-state index is 0.0111. The van der Waals surface area contributed by atoms with E-state index in [1.165, 1.54) is 17.9 Å². The normalized spacial score (nSPS) is 24.8. The number of hydrogen-bond donors (Lipinski definition) is 4. The summed E-state index contributed by atoms with van der Waals surface area (Å²) >= 11 is 0. The molecule has 0 aromatic carbocycles. The number of phosphoric ester groups is 1. The number of nitrogens with one attached hydrogen (secondary N) is 1. The lowest BCUT2D eigenvalue weighted by Crippen LogP contribution is -2.29. The van der Waals surface area contributed by atoms with Gasteiger partial charge >= 0.3 is 13.5 Å². The van der Waals surface area contributed by atoms with Gasteiger partial charge in [0.2, 0.25) is 0 Å². The van der Waals surface area contributed by atoms with E-state index in [4.69, 9.17) is 14.5 Å². The Balaban J connectivity index is 2.02. The van der Waals surface area contributed by atoms with Crippen LogP contribution in [0.5, 0.6) is 0 Å². The topological polar surface area (TPSA) is 169 Å². The van der Waals surface area contributed by atoms with Crippen LogP contribution in [0.15, 0.2) is 15.9 Å². The van der Waals surface area contributed by atoms with Gasteiger partial charge in [0.15, 0.2) is 11.2 Å². The second-order valence-electron chi connectivity index (χ2n) is 5.32. The first-order valence-electron chi connectivity index (χ1n) is 6.87. The van der Waals surface area contributed by atoms with Crippen LogP contribution >= 0.6 is 7.82 Å². The molecule has 12 nitrogen and oxygen atoms in total. The zero-order valence-electron chi connectivity index (χ0n) is 12.4. The zero-order valence-corrected chi connectivity index (χ0v) is 13.3. The van der Waals surface area contributed by atoms with E-state index in [9.17, 15) is 19.3 Å². The van der Waals surface area contributed by atoms with Crippen molar-refractivity contribution in [2.45, 2.75) is 24.9 Å². The number of fused-ring (bicyclic) bond motifs is 1. The fourth-order valence-electron chi connectivity index (χ4n) is 2.72. The zero-order chi connectivity index (χ0) is 17.6. The number of ether oxygens (including phenoxy) is 1. The van der Waals surface area contributed by atoms with E-state index in [1.807, 2.05) is 0 Å². The number of H-pyrrole nitrogens is 1. The van der Waals surface area contributed by atoms with E-state index < -0.39 is 44.1 Å². The molecule has 2 aromatic rings. The number of imidazole rings is 1. The van der Waals surface area contributed by atoms with Crippen LogP contribution in [-0.2, 0) is 20.9 Å². The summed E-state index contributed by atoms with van der Waals surface area (Å²) in [6.07, 6.45) is -1.59. The third kappa shape index (κ3) is 2.95. The Kier molecular flexibility index (Phi) is 4.20. The number of phosphoric acid groups is 1. The van der Waals surface area contributed by atoms with Crippen molar-refractivity contribution in [2.24, 2.45) is 7.05 Å². The van der Waals surface area contributed by atoms with Gasteiger partial charge in [0.05, 0.1) is 12.9 Å². The third-order valence-electron chi connectivity index (χ3n) is 3.77. The van der Waals surface area contributed by atoms with Crippen LogP contribution in [0.1, 0.15) is 12.6 Å². The highest BCUT2D eigenvalue weighted by Gasteiger charge is 2.40. The van der Waals surface area contributed by atoms with Crippen molar-refractivity contribution in [3.05, 3.63) is 27.2 Å². The number of aliphatic hydroxyl groups excluding tert-OH is 1. The Morgan fingerprint density at radius 1 is 1.50 bits per heavy atom. The van der Waals surface area contributed by atoms with Crippen LogP contribution < -0.4 is 11.2 Å². The number of rotatable bonds is 4. The minimum Gasteiger partial charge on any atom is -0.394 e. The Labute approximate surface area is 133 Å². The van der Waals surface area contributed by atoms with Crippen LogP contribution in [0.2, 0.25) is 0 Å². The average Bonchev–Trinajstić information content (AvgIpc) is 3.07. The maximum atomic E-state index is 11.8. The SMILES string of the molecule is Cn1c(=O)[nH]c(=O)c2ncn([C@H]3C[C@H](OP(=O)(O)O)[C@@H](CO)O3)c21. The largest absolute Gasteiger partial charge is 0.469 e. The fraction of sp³-hybridized carbons (Fsp3) is 0.545. The standard InChI is InChI=1S/C11H15N4O8P/c1-14-10-8(9(17)13-11(14)18)12-4-15(10)7-2-5(6(3-16)22-7)23-24(19,20)21/h4-7,16H,2-3H2,1H3,(H,13,17,18)(H2,19,20,21)/t5-,6+,7+/m0/s1. The molecular weight excluding hydrogens is 347 g/mol. The molecule has 0 amide bonds. The second kappa shape index (κ2) is 5.92. The molecule has 132 valence electrons. The highest BCUT2D eigenvalue weighted by molar-refractivity contribution is 7.46. The van der Waals surface area contributed by atoms with Gasteiger partial charge in [-0.15, -0.1) is 0 Å². The van der Waals surface area contributed by atoms with Crippen molar-refractivity contribution >= 4 is 19.0 Å². The van der Waals surface area contributed by atoms with Crippen LogP contribution in [0.3, 0.4) is 0 Å². The Hall–Kier alpha value is -1.82. The van der Waals surface area contributed by atoms with E-state index in [-0.39, 0.29) is 17.6 Å². The molecule has 0 unspecified atom stereocenters. The quantitative estimate of drug-likeness (QED) is 0.457. The van der Waals surface area contributed by atoms with Gasteiger partial charge in [-0.1, -0.05) is 0 Å². The third-order valence-corrected chi connectivity index (χ3v) is 4.31. The number of aliphatic hydroxyl groups is 1. The van der Waals surface area contributed by atoms with Gasteiger partial charge < -0.3 is 19.6 Å². The monoisotopic (exact) mass is 362 g/mol. The molecular formula is C11H15N4O8P. The predicted octanol–water partition coefficient (Wildman–Crippen LogP) is -1.82. The first-order chi connectivity index (χ1) is 11.2. The Bertz CT molecular complexity index is 926. The minimum atomic E-state index is -4.77. The van der Waals surface area contributed by atoms with Crippen molar-refractivity contribution in [1.29, 1.82) is 0 Å². The summed E-state index contributed by atoms with van der Waals surface area (Å²) in [5, 5.41) is 9.31. The highest BCUT2D eigenvalue weighted by Crippen LogP contribution is 2.43. The summed E-state index contributed by atoms with van der Waals surface area (Å²) in [4.78, 5) is 47.5. The van der Waals surface area contributed by atoms with Crippen molar-refractivity contribution in [3.63, 3.8) is 0 Å². The lowest BCUT2D eigenvalue weighted by molar-refractivity contribution is -0.0427.